The molecule has 5 rings (SSSR count). The summed E-state index contributed by atoms with van der Waals surface area (Å²) < 4.78 is 1.77. The summed E-state index contributed by atoms with van der Waals surface area (Å²) in [5.41, 5.74) is 10.5. The predicted octanol–water partition coefficient (Wildman–Crippen LogP) is 1.58. The molecule has 1 saturated heterocycles. The Hall–Kier alpha value is -3.68. The van der Waals surface area contributed by atoms with E-state index in [2.05, 4.69) is 10.4 Å². The minimum Gasteiger partial charge on any atom is -0.399 e. The fourth-order valence-electron chi connectivity index (χ4n) is 4.28. The molecule has 1 aromatic heterocycles. The number of amides is 3. The molecule has 0 radical (unpaired) electrons. The highest BCUT2D eigenvalue weighted by molar-refractivity contribution is 6.07. The summed E-state index contributed by atoms with van der Waals surface area (Å²) in [6.45, 7) is 0.309. The lowest BCUT2D eigenvalue weighted by molar-refractivity contribution is -0.136. The molecule has 0 aliphatic carbocycles. The molecule has 8 heteroatoms. The van der Waals surface area contributed by atoms with Gasteiger partial charge in [-0.25, -0.2) is 0 Å². The molecule has 3 amide bonds. The minimum atomic E-state index is -0.638. The molecular formula is C21H19N5O3. The smallest absolute Gasteiger partial charge is 0.255 e. The maximum Gasteiger partial charge on any atom is 0.255 e. The van der Waals surface area contributed by atoms with Gasteiger partial charge in [-0.15, -0.1) is 0 Å². The Morgan fingerprint density at radius 2 is 1.93 bits per heavy atom. The van der Waals surface area contributed by atoms with Gasteiger partial charge in [-0.1, -0.05) is 12.1 Å². The van der Waals surface area contributed by atoms with Gasteiger partial charge in [0.2, 0.25) is 11.8 Å². The van der Waals surface area contributed by atoms with Crippen LogP contribution in [0.15, 0.2) is 36.4 Å². The number of nitrogens with two attached hydrogens (primary N) is 1. The first-order valence-electron chi connectivity index (χ1n) is 9.43. The lowest BCUT2D eigenvalue weighted by Crippen LogP contribution is -2.52. The molecule has 8 nitrogen and oxygen atoms in total. The number of nitrogens with zero attached hydrogens (tertiary/aromatic N) is 3. The first kappa shape index (κ1) is 17.4. The number of aryl methyl sites for hydroxylation is 1. The van der Waals surface area contributed by atoms with Crippen molar-refractivity contribution in [1.82, 2.24) is 20.0 Å². The number of benzene rings is 2. The lowest BCUT2D eigenvalue weighted by Gasteiger charge is -2.29. The normalized spacial score (nSPS) is 19.0. The van der Waals surface area contributed by atoms with E-state index in [0.29, 0.717) is 24.2 Å². The fraction of sp³-hybridized carbons (Fsp3) is 0.238. The quantitative estimate of drug-likeness (QED) is 0.511. The van der Waals surface area contributed by atoms with Crippen LogP contribution in [-0.4, -0.2) is 38.4 Å². The van der Waals surface area contributed by atoms with Gasteiger partial charge in [-0.3, -0.25) is 24.4 Å². The molecule has 3 aromatic rings. The summed E-state index contributed by atoms with van der Waals surface area (Å²) in [7, 11) is 1.86. The van der Waals surface area contributed by atoms with E-state index >= 15 is 0 Å². The third kappa shape index (κ3) is 2.60. The van der Waals surface area contributed by atoms with E-state index in [1.807, 2.05) is 37.4 Å². The van der Waals surface area contributed by atoms with Crippen molar-refractivity contribution in [3.63, 3.8) is 0 Å². The van der Waals surface area contributed by atoms with Crippen LogP contribution in [0.1, 0.15) is 28.8 Å². The van der Waals surface area contributed by atoms with Crippen LogP contribution in [0.25, 0.3) is 22.2 Å². The van der Waals surface area contributed by atoms with Crippen LogP contribution in [0.5, 0.6) is 0 Å². The molecule has 0 bridgehead atoms. The maximum atomic E-state index is 13.0. The monoisotopic (exact) mass is 389 g/mol. The number of carbonyl (C=O) groups excluding carboxylic acids is 3. The van der Waals surface area contributed by atoms with Crippen molar-refractivity contribution in [2.24, 2.45) is 7.05 Å². The van der Waals surface area contributed by atoms with Crippen LogP contribution < -0.4 is 11.1 Å². The van der Waals surface area contributed by atoms with E-state index in [4.69, 9.17) is 5.73 Å². The van der Waals surface area contributed by atoms with Gasteiger partial charge in [0.1, 0.15) is 11.7 Å². The molecule has 29 heavy (non-hydrogen) atoms. The van der Waals surface area contributed by atoms with Gasteiger partial charge in [0, 0.05) is 42.2 Å². The molecule has 3 heterocycles. The average Bonchev–Trinajstić information content (AvgIpc) is 3.19. The van der Waals surface area contributed by atoms with Gasteiger partial charge in [0.15, 0.2) is 0 Å². The third-order valence-electron chi connectivity index (χ3n) is 5.71. The number of carbonyl (C=O) groups is 3. The van der Waals surface area contributed by atoms with Crippen LogP contribution in [0.3, 0.4) is 0 Å². The Bertz CT molecular complexity index is 1210. The maximum absolute atomic E-state index is 13.0. The van der Waals surface area contributed by atoms with Gasteiger partial charge in [0.05, 0.1) is 5.52 Å². The highest BCUT2D eigenvalue weighted by Crippen LogP contribution is 2.37. The Morgan fingerprint density at radius 1 is 1.14 bits per heavy atom. The lowest BCUT2D eigenvalue weighted by atomic mass is 9.98. The number of hydrogen-bond donors (Lipinski definition) is 2. The van der Waals surface area contributed by atoms with E-state index in [0.717, 1.165) is 27.7 Å². The van der Waals surface area contributed by atoms with Crippen LogP contribution in [0.2, 0.25) is 0 Å². The summed E-state index contributed by atoms with van der Waals surface area (Å²) >= 11 is 0. The standard InChI is InChI=1S/C21H19N5O3/c1-25-17-9-11(22)5-6-14(17)19(24-25)12-3-2-4-13-15(12)10-26(21(13)29)16-7-8-18(27)23-20(16)28/h2-6,9,16H,7-8,10,22H2,1H3,(H,23,27,28). The molecule has 2 aliphatic rings. The van der Waals surface area contributed by atoms with E-state index < -0.39 is 11.9 Å². The highest BCUT2D eigenvalue weighted by Gasteiger charge is 2.40. The Kier molecular flexibility index (Phi) is 3.70. The fourth-order valence-corrected chi connectivity index (χ4v) is 4.28. The number of piperidine rings is 1. The van der Waals surface area contributed by atoms with Gasteiger partial charge in [0.25, 0.3) is 5.91 Å². The van der Waals surface area contributed by atoms with E-state index in [9.17, 15) is 14.4 Å². The van der Waals surface area contributed by atoms with Gasteiger partial charge >= 0.3 is 0 Å². The van der Waals surface area contributed by atoms with Crippen molar-refractivity contribution < 1.29 is 14.4 Å². The Labute approximate surface area is 166 Å². The summed E-state index contributed by atoms with van der Waals surface area (Å²) in [5, 5.41) is 7.95. The molecule has 146 valence electrons. The van der Waals surface area contributed by atoms with E-state index in [1.165, 1.54) is 0 Å². The van der Waals surface area contributed by atoms with Crippen LogP contribution in [-0.2, 0) is 23.2 Å². The van der Waals surface area contributed by atoms with Crippen LogP contribution in [0.4, 0.5) is 5.69 Å². The average molecular weight is 389 g/mol. The predicted molar refractivity (Wildman–Crippen MR) is 107 cm³/mol. The summed E-state index contributed by atoms with van der Waals surface area (Å²) in [5.74, 6) is -0.904. The van der Waals surface area contributed by atoms with Crippen molar-refractivity contribution in [2.45, 2.75) is 25.4 Å². The highest BCUT2D eigenvalue weighted by atomic mass is 16.2. The van der Waals surface area contributed by atoms with Crippen LogP contribution in [0, 0.1) is 0 Å². The molecule has 1 fully saturated rings. The number of nitrogens with one attached hydrogen (secondary N) is 1. The number of nitrogen functional groups attached to an aromatic ring is 1. The molecule has 1 atom stereocenters. The first-order chi connectivity index (χ1) is 13.9. The van der Waals surface area contributed by atoms with E-state index in [1.54, 1.807) is 15.6 Å². The van der Waals surface area contributed by atoms with Gasteiger partial charge in [-0.05, 0) is 36.2 Å². The van der Waals surface area contributed by atoms with Crippen LogP contribution >= 0.6 is 0 Å². The van der Waals surface area contributed by atoms with Crippen molar-refractivity contribution in [2.75, 3.05) is 5.73 Å². The second-order valence-electron chi connectivity index (χ2n) is 7.48. The summed E-state index contributed by atoms with van der Waals surface area (Å²) in [4.78, 5) is 38.4. The molecule has 2 aromatic carbocycles. The molecular weight excluding hydrogens is 370 g/mol. The number of rotatable bonds is 2. The Morgan fingerprint density at radius 3 is 2.72 bits per heavy atom. The zero-order valence-electron chi connectivity index (χ0n) is 15.8. The summed E-state index contributed by atoms with van der Waals surface area (Å²) in [6, 6.07) is 10.5. The third-order valence-corrected chi connectivity index (χ3v) is 5.71. The van der Waals surface area contributed by atoms with Crippen molar-refractivity contribution >= 4 is 34.3 Å². The van der Waals surface area contributed by atoms with Crippen molar-refractivity contribution in [3.8, 4) is 11.3 Å². The number of anilines is 1. The summed E-state index contributed by atoms with van der Waals surface area (Å²) in [6.07, 6.45) is 0.571. The molecule has 2 aliphatic heterocycles. The van der Waals surface area contributed by atoms with Crippen molar-refractivity contribution in [3.05, 3.63) is 47.5 Å². The topological polar surface area (TPSA) is 110 Å². The zero-order chi connectivity index (χ0) is 20.3. The second kappa shape index (κ2) is 6.16. The van der Waals surface area contributed by atoms with Crippen molar-refractivity contribution in [1.29, 1.82) is 0 Å². The zero-order valence-corrected chi connectivity index (χ0v) is 15.8. The first-order valence-corrected chi connectivity index (χ1v) is 9.43. The van der Waals surface area contributed by atoms with Gasteiger partial charge < -0.3 is 10.6 Å². The number of hydrogen-bond acceptors (Lipinski definition) is 5. The SMILES string of the molecule is Cn1nc(-c2cccc3c2CN(C2CCC(=O)NC2=O)C3=O)c2ccc(N)cc21. The molecule has 1 unspecified atom stereocenters. The molecule has 0 saturated carbocycles. The largest absolute Gasteiger partial charge is 0.399 e. The van der Waals surface area contributed by atoms with Gasteiger partial charge in [-0.2, -0.15) is 5.10 Å². The Balaban J connectivity index is 1.59. The number of fused-ring (bicyclic) bond motifs is 2. The minimum absolute atomic E-state index is 0.194. The number of aromatic nitrogens is 2. The molecule has 3 N–H and O–H groups in total. The number of imide groups is 1. The molecule has 0 spiro atoms. The van der Waals surface area contributed by atoms with E-state index in [-0.39, 0.29) is 18.2 Å². The second-order valence-corrected chi connectivity index (χ2v) is 7.48.